The van der Waals surface area contributed by atoms with Crippen molar-refractivity contribution in [3.05, 3.63) is 29.1 Å². The lowest BCUT2D eigenvalue weighted by Crippen LogP contribution is -1.99. The molecule has 0 radical (unpaired) electrons. The number of rotatable bonds is 2. The van der Waals surface area contributed by atoms with Gasteiger partial charge in [0, 0.05) is 12.4 Å². The minimum atomic E-state index is 0.614. The molecule has 0 atom stereocenters. The first-order valence-corrected chi connectivity index (χ1v) is 4.60. The molecule has 0 aromatic carbocycles. The van der Waals surface area contributed by atoms with E-state index in [4.69, 9.17) is 0 Å². The van der Waals surface area contributed by atoms with Crippen molar-refractivity contribution in [1.82, 2.24) is 4.98 Å². The Hall–Kier alpha value is -0.850. The maximum atomic E-state index is 4.20. The third kappa shape index (κ3) is 1.66. The molecular weight excluding hydrogens is 146 g/mol. The fourth-order valence-corrected chi connectivity index (χ4v) is 1.74. The summed E-state index contributed by atoms with van der Waals surface area (Å²) in [5, 5.41) is 0. The van der Waals surface area contributed by atoms with E-state index in [-0.39, 0.29) is 0 Å². The number of aromatic nitrogens is 1. The molecule has 1 heterocycles. The first-order valence-electron chi connectivity index (χ1n) is 4.60. The lowest BCUT2D eigenvalue weighted by Gasteiger charge is -2.13. The standard InChI is InChI=1S/C11H17N/c1-5-10-7-12-6-9(4)11(10)8(2)3/h6-8H,5H2,1-4H3. The maximum absolute atomic E-state index is 4.20. The molecule has 0 fully saturated rings. The highest BCUT2D eigenvalue weighted by molar-refractivity contribution is 5.33. The molecule has 12 heavy (non-hydrogen) atoms. The van der Waals surface area contributed by atoms with Gasteiger partial charge >= 0.3 is 0 Å². The van der Waals surface area contributed by atoms with E-state index >= 15 is 0 Å². The van der Waals surface area contributed by atoms with Crippen molar-refractivity contribution in [1.29, 1.82) is 0 Å². The van der Waals surface area contributed by atoms with E-state index in [1.165, 1.54) is 16.7 Å². The molecule has 0 aliphatic carbocycles. The molecule has 0 saturated heterocycles. The largest absolute Gasteiger partial charge is 0.264 e. The minimum absolute atomic E-state index is 0.614. The molecule has 0 aliphatic heterocycles. The summed E-state index contributed by atoms with van der Waals surface area (Å²) in [5.74, 6) is 0.614. The first kappa shape index (κ1) is 9.24. The summed E-state index contributed by atoms with van der Waals surface area (Å²) < 4.78 is 0. The average molecular weight is 163 g/mol. The smallest absolute Gasteiger partial charge is 0.0302 e. The van der Waals surface area contributed by atoms with Crippen LogP contribution in [0.2, 0.25) is 0 Å². The summed E-state index contributed by atoms with van der Waals surface area (Å²) >= 11 is 0. The van der Waals surface area contributed by atoms with E-state index in [0.717, 1.165) is 6.42 Å². The molecule has 0 aliphatic rings. The Kier molecular flexibility index (Phi) is 2.85. The molecule has 0 amide bonds. The van der Waals surface area contributed by atoms with Crippen LogP contribution in [0.5, 0.6) is 0 Å². The fourth-order valence-electron chi connectivity index (χ4n) is 1.74. The van der Waals surface area contributed by atoms with Crippen LogP contribution in [0.25, 0.3) is 0 Å². The molecule has 0 bridgehead atoms. The van der Waals surface area contributed by atoms with Gasteiger partial charge in [0.2, 0.25) is 0 Å². The Morgan fingerprint density at radius 3 is 2.42 bits per heavy atom. The van der Waals surface area contributed by atoms with Gasteiger partial charge in [-0.3, -0.25) is 4.98 Å². The molecule has 66 valence electrons. The molecule has 1 heteroatoms. The first-order chi connectivity index (χ1) is 5.66. The number of pyridine rings is 1. The van der Waals surface area contributed by atoms with Crippen LogP contribution in [0.15, 0.2) is 12.4 Å². The van der Waals surface area contributed by atoms with E-state index in [1.807, 2.05) is 12.4 Å². The number of aryl methyl sites for hydroxylation is 2. The molecule has 0 N–H and O–H groups in total. The van der Waals surface area contributed by atoms with Crippen molar-refractivity contribution in [2.75, 3.05) is 0 Å². The summed E-state index contributed by atoms with van der Waals surface area (Å²) in [5.41, 5.74) is 4.20. The zero-order valence-electron chi connectivity index (χ0n) is 8.39. The van der Waals surface area contributed by atoms with E-state index in [9.17, 15) is 0 Å². The Morgan fingerprint density at radius 1 is 1.33 bits per heavy atom. The van der Waals surface area contributed by atoms with Crippen molar-refractivity contribution >= 4 is 0 Å². The van der Waals surface area contributed by atoms with Gasteiger partial charge in [-0.05, 0) is 36.0 Å². The Bertz CT molecular complexity index is 264. The lowest BCUT2D eigenvalue weighted by atomic mass is 9.94. The van der Waals surface area contributed by atoms with Gasteiger partial charge in [-0.2, -0.15) is 0 Å². The Morgan fingerprint density at radius 2 is 2.00 bits per heavy atom. The summed E-state index contributed by atoms with van der Waals surface area (Å²) in [4.78, 5) is 4.20. The second-order valence-corrected chi connectivity index (χ2v) is 3.54. The summed E-state index contributed by atoms with van der Waals surface area (Å²) in [6.45, 7) is 8.80. The van der Waals surface area contributed by atoms with Crippen LogP contribution in [-0.4, -0.2) is 4.98 Å². The highest BCUT2D eigenvalue weighted by atomic mass is 14.6. The van der Waals surface area contributed by atoms with Gasteiger partial charge in [-0.15, -0.1) is 0 Å². The second kappa shape index (κ2) is 3.70. The van der Waals surface area contributed by atoms with Gasteiger partial charge in [0.1, 0.15) is 0 Å². The second-order valence-electron chi connectivity index (χ2n) is 3.54. The van der Waals surface area contributed by atoms with Crippen molar-refractivity contribution in [2.45, 2.75) is 40.0 Å². The maximum Gasteiger partial charge on any atom is 0.0302 e. The third-order valence-corrected chi connectivity index (χ3v) is 2.23. The highest BCUT2D eigenvalue weighted by Gasteiger charge is 2.07. The van der Waals surface area contributed by atoms with Gasteiger partial charge in [0.25, 0.3) is 0 Å². The zero-order valence-corrected chi connectivity index (χ0v) is 8.39. The van der Waals surface area contributed by atoms with E-state index in [0.29, 0.717) is 5.92 Å². The summed E-state index contributed by atoms with van der Waals surface area (Å²) in [7, 11) is 0. The number of hydrogen-bond acceptors (Lipinski definition) is 1. The highest BCUT2D eigenvalue weighted by Crippen LogP contribution is 2.22. The quantitative estimate of drug-likeness (QED) is 0.653. The lowest BCUT2D eigenvalue weighted by molar-refractivity contribution is 0.827. The van der Waals surface area contributed by atoms with Crippen molar-refractivity contribution < 1.29 is 0 Å². The van der Waals surface area contributed by atoms with Gasteiger partial charge in [0.15, 0.2) is 0 Å². The fraction of sp³-hybridized carbons (Fsp3) is 0.545. The average Bonchev–Trinajstić information content (AvgIpc) is 2.03. The molecule has 1 aromatic heterocycles. The predicted molar refractivity (Wildman–Crippen MR) is 52.4 cm³/mol. The topological polar surface area (TPSA) is 12.9 Å². The van der Waals surface area contributed by atoms with Crippen LogP contribution >= 0.6 is 0 Å². The molecule has 0 saturated carbocycles. The Labute approximate surface area is 74.8 Å². The normalized spacial score (nSPS) is 10.8. The molecule has 1 rings (SSSR count). The summed E-state index contributed by atoms with van der Waals surface area (Å²) in [6.07, 6.45) is 5.03. The SMILES string of the molecule is CCc1cncc(C)c1C(C)C. The van der Waals surface area contributed by atoms with E-state index < -0.39 is 0 Å². The molecule has 0 spiro atoms. The van der Waals surface area contributed by atoms with E-state index in [2.05, 4.69) is 32.7 Å². The van der Waals surface area contributed by atoms with Crippen LogP contribution in [0, 0.1) is 6.92 Å². The third-order valence-electron chi connectivity index (χ3n) is 2.23. The molecular formula is C11H17N. The van der Waals surface area contributed by atoms with Gasteiger partial charge in [-0.1, -0.05) is 20.8 Å². The predicted octanol–water partition coefficient (Wildman–Crippen LogP) is 3.08. The van der Waals surface area contributed by atoms with Crippen molar-refractivity contribution in [3.8, 4) is 0 Å². The Balaban J connectivity index is 3.20. The number of nitrogens with zero attached hydrogens (tertiary/aromatic N) is 1. The van der Waals surface area contributed by atoms with Gasteiger partial charge in [-0.25, -0.2) is 0 Å². The van der Waals surface area contributed by atoms with Crippen LogP contribution < -0.4 is 0 Å². The van der Waals surface area contributed by atoms with Crippen LogP contribution in [0.1, 0.15) is 43.4 Å². The molecule has 0 unspecified atom stereocenters. The van der Waals surface area contributed by atoms with Crippen LogP contribution in [-0.2, 0) is 6.42 Å². The van der Waals surface area contributed by atoms with Gasteiger partial charge < -0.3 is 0 Å². The molecule has 1 aromatic rings. The van der Waals surface area contributed by atoms with Gasteiger partial charge in [0.05, 0.1) is 0 Å². The monoisotopic (exact) mass is 163 g/mol. The zero-order chi connectivity index (χ0) is 9.14. The number of hydrogen-bond donors (Lipinski definition) is 0. The van der Waals surface area contributed by atoms with Crippen molar-refractivity contribution in [3.63, 3.8) is 0 Å². The summed E-state index contributed by atoms with van der Waals surface area (Å²) in [6, 6.07) is 0. The van der Waals surface area contributed by atoms with Crippen LogP contribution in [0.4, 0.5) is 0 Å². The van der Waals surface area contributed by atoms with Crippen LogP contribution in [0.3, 0.4) is 0 Å². The minimum Gasteiger partial charge on any atom is -0.264 e. The van der Waals surface area contributed by atoms with Crippen molar-refractivity contribution in [2.24, 2.45) is 0 Å². The molecule has 1 nitrogen and oxygen atoms in total. The van der Waals surface area contributed by atoms with E-state index in [1.54, 1.807) is 0 Å².